The number of nitrogens with zero attached hydrogens (tertiary/aromatic N) is 1. The maximum absolute atomic E-state index is 11.8. The van der Waals surface area contributed by atoms with Gasteiger partial charge in [0, 0.05) is 24.5 Å². The van der Waals surface area contributed by atoms with Gasteiger partial charge in [-0.05, 0) is 5.56 Å². The summed E-state index contributed by atoms with van der Waals surface area (Å²) in [4.78, 5) is 22.5. The van der Waals surface area contributed by atoms with Gasteiger partial charge < -0.3 is 5.32 Å². The molecule has 2 aromatic rings. The van der Waals surface area contributed by atoms with E-state index in [4.69, 9.17) is 0 Å². The topological polar surface area (TPSA) is 72.2 Å². The lowest BCUT2D eigenvalue weighted by Crippen LogP contribution is -2.29. The summed E-state index contributed by atoms with van der Waals surface area (Å²) >= 11 is 0. The van der Waals surface area contributed by atoms with Crippen molar-refractivity contribution in [2.45, 2.75) is 25.8 Å². The van der Waals surface area contributed by atoms with Gasteiger partial charge in [-0.2, -0.15) is 0 Å². The molecule has 0 saturated carbocycles. The van der Waals surface area contributed by atoms with E-state index in [-0.39, 0.29) is 22.6 Å². The minimum absolute atomic E-state index is 0.0764. The monoisotopic (exact) mass is 298 g/mol. The van der Waals surface area contributed by atoms with Gasteiger partial charge in [-0.25, -0.2) is 0 Å². The first-order chi connectivity index (χ1) is 10.6. The van der Waals surface area contributed by atoms with Crippen molar-refractivity contribution < 1.29 is 9.72 Å². The van der Waals surface area contributed by atoms with Crippen molar-refractivity contribution in [3.05, 3.63) is 75.8 Å². The molecule has 0 saturated heterocycles. The van der Waals surface area contributed by atoms with E-state index in [1.807, 2.05) is 30.3 Å². The molecule has 0 aliphatic heterocycles. The highest BCUT2D eigenvalue weighted by Crippen LogP contribution is 2.25. The Kier molecular flexibility index (Phi) is 5.25. The van der Waals surface area contributed by atoms with Crippen LogP contribution in [-0.4, -0.2) is 10.8 Å². The molecule has 0 aromatic heterocycles. The normalized spacial score (nSPS) is 11.7. The zero-order valence-corrected chi connectivity index (χ0v) is 12.4. The van der Waals surface area contributed by atoms with Gasteiger partial charge in [-0.15, -0.1) is 0 Å². The first-order valence-electron chi connectivity index (χ1n) is 7.18. The zero-order valence-electron chi connectivity index (χ0n) is 12.4. The molecule has 0 bridgehead atoms. The number of para-hydroxylation sites is 1. The molecule has 0 unspecified atom stereocenters. The molecule has 5 heteroatoms. The largest absolute Gasteiger partial charge is 0.349 e. The third kappa shape index (κ3) is 3.91. The van der Waals surface area contributed by atoms with Crippen molar-refractivity contribution in [3.63, 3.8) is 0 Å². The second-order valence-corrected chi connectivity index (χ2v) is 4.97. The third-order valence-corrected chi connectivity index (χ3v) is 3.47. The number of hydrogen-bond acceptors (Lipinski definition) is 3. The van der Waals surface area contributed by atoms with Gasteiger partial charge in [0.2, 0.25) is 5.91 Å². The highest BCUT2D eigenvalue weighted by Gasteiger charge is 2.19. The molecule has 1 N–H and O–H groups in total. The molecule has 0 aliphatic rings. The number of rotatable bonds is 6. The van der Waals surface area contributed by atoms with E-state index in [1.165, 1.54) is 6.07 Å². The van der Waals surface area contributed by atoms with Crippen LogP contribution >= 0.6 is 0 Å². The lowest BCUT2D eigenvalue weighted by atomic mass is 9.97. The fraction of sp³-hybridized carbons (Fsp3) is 0.235. The van der Waals surface area contributed by atoms with Crippen LogP contribution in [0.25, 0.3) is 0 Å². The summed E-state index contributed by atoms with van der Waals surface area (Å²) < 4.78 is 0. The van der Waals surface area contributed by atoms with Crippen LogP contribution in [-0.2, 0) is 11.2 Å². The second-order valence-electron chi connectivity index (χ2n) is 4.97. The van der Waals surface area contributed by atoms with Crippen LogP contribution < -0.4 is 5.32 Å². The summed E-state index contributed by atoms with van der Waals surface area (Å²) in [6.07, 6.45) is 0.757. The number of hydrogen-bond donors (Lipinski definition) is 1. The summed E-state index contributed by atoms with van der Waals surface area (Å²) in [7, 11) is 0. The van der Waals surface area contributed by atoms with E-state index in [1.54, 1.807) is 25.1 Å². The number of nitro benzene ring substituents is 1. The lowest BCUT2D eigenvalue weighted by molar-refractivity contribution is -0.385. The predicted octanol–water partition coefficient (Wildman–Crippen LogP) is 3.40. The van der Waals surface area contributed by atoms with E-state index >= 15 is 0 Å². The summed E-state index contributed by atoms with van der Waals surface area (Å²) in [5.41, 5.74) is 1.62. The van der Waals surface area contributed by atoms with E-state index in [9.17, 15) is 14.9 Å². The standard InChI is InChI=1S/C17H18N2O3/c1-2-17(20)18-15(13-8-4-3-5-9-13)12-14-10-6-7-11-16(14)19(21)22/h3-11,15H,2,12H2,1H3,(H,18,20)/t15-/m1/s1. The van der Waals surface area contributed by atoms with Gasteiger partial charge >= 0.3 is 0 Å². The van der Waals surface area contributed by atoms with Gasteiger partial charge in [0.15, 0.2) is 0 Å². The molecule has 2 rings (SSSR count). The molecule has 5 nitrogen and oxygen atoms in total. The van der Waals surface area contributed by atoms with Gasteiger partial charge in [0.25, 0.3) is 5.69 Å². The molecule has 0 spiro atoms. The Hall–Kier alpha value is -2.69. The summed E-state index contributed by atoms with van der Waals surface area (Å²) in [5.74, 6) is -0.0764. The van der Waals surface area contributed by atoms with E-state index in [2.05, 4.69) is 5.32 Å². The average Bonchev–Trinajstić information content (AvgIpc) is 2.55. The fourth-order valence-electron chi connectivity index (χ4n) is 2.32. The summed E-state index contributed by atoms with van der Waals surface area (Å²) in [5, 5.41) is 14.1. The number of nitro groups is 1. The second kappa shape index (κ2) is 7.36. The highest BCUT2D eigenvalue weighted by atomic mass is 16.6. The Morgan fingerprint density at radius 3 is 2.41 bits per heavy atom. The molecule has 0 fully saturated rings. The van der Waals surface area contributed by atoms with E-state index in [0.717, 1.165) is 5.56 Å². The smallest absolute Gasteiger partial charge is 0.272 e. The van der Waals surface area contributed by atoms with Crippen molar-refractivity contribution in [2.75, 3.05) is 0 Å². The maximum atomic E-state index is 11.8. The Morgan fingerprint density at radius 2 is 1.77 bits per heavy atom. The molecule has 1 amide bonds. The molecular weight excluding hydrogens is 280 g/mol. The van der Waals surface area contributed by atoms with E-state index < -0.39 is 0 Å². The van der Waals surface area contributed by atoms with Crippen molar-refractivity contribution in [2.24, 2.45) is 0 Å². The Balaban J connectivity index is 2.31. The molecule has 2 aromatic carbocycles. The molecular formula is C17H18N2O3. The van der Waals surface area contributed by atoms with Crippen LogP contribution in [0.5, 0.6) is 0 Å². The predicted molar refractivity (Wildman–Crippen MR) is 84.4 cm³/mol. The number of amides is 1. The van der Waals surface area contributed by atoms with Gasteiger partial charge in [-0.3, -0.25) is 14.9 Å². The first-order valence-corrected chi connectivity index (χ1v) is 7.18. The van der Waals surface area contributed by atoms with Crippen molar-refractivity contribution in [1.82, 2.24) is 5.32 Å². The van der Waals surface area contributed by atoms with Gasteiger partial charge in [-0.1, -0.05) is 55.5 Å². The summed E-state index contributed by atoms with van der Waals surface area (Å²) in [6.45, 7) is 1.78. The Labute approximate surface area is 129 Å². The van der Waals surface area contributed by atoms with Crippen LogP contribution in [0.4, 0.5) is 5.69 Å². The van der Waals surface area contributed by atoms with Crippen LogP contribution in [0.15, 0.2) is 54.6 Å². The minimum Gasteiger partial charge on any atom is -0.349 e. The van der Waals surface area contributed by atoms with Crippen molar-refractivity contribution in [1.29, 1.82) is 0 Å². The summed E-state index contributed by atoms with van der Waals surface area (Å²) in [6, 6.07) is 15.8. The maximum Gasteiger partial charge on any atom is 0.272 e. The average molecular weight is 298 g/mol. The van der Waals surface area contributed by atoms with Crippen LogP contribution in [0.3, 0.4) is 0 Å². The highest BCUT2D eigenvalue weighted by molar-refractivity contribution is 5.76. The quantitative estimate of drug-likeness (QED) is 0.656. The van der Waals surface area contributed by atoms with Crippen LogP contribution in [0.2, 0.25) is 0 Å². The molecule has 0 heterocycles. The Morgan fingerprint density at radius 1 is 1.14 bits per heavy atom. The number of carbonyl (C=O) groups is 1. The lowest BCUT2D eigenvalue weighted by Gasteiger charge is -2.19. The molecule has 0 radical (unpaired) electrons. The molecule has 0 aliphatic carbocycles. The molecule has 22 heavy (non-hydrogen) atoms. The Bertz CT molecular complexity index is 656. The number of carbonyl (C=O) groups excluding carboxylic acids is 1. The molecule has 1 atom stereocenters. The van der Waals surface area contributed by atoms with Gasteiger partial charge in [0.05, 0.1) is 11.0 Å². The molecule has 114 valence electrons. The van der Waals surface area contributed by atoms with Crippen LogP contribution in [0, 0.1) is 10.1 Å². The van der Waals surface area contributed by atoms with Crippen LogP contribution in [0.1, 0.15) is 30.5 Å². The SMILES string of the molecule is CCC(=O)N[C@H](Cc1ccccc1[N+](=O)[O-])c1ccccc1. The minimum atomic E-state index is -0.390. The number of benzene rings is 2. The van der Waals surface area contributed by atoms with Crippen molar-refractivity contribution >= 4 is 11.6 Å². The fourth-order valence-corrected chi connectivity index (χ4v) is 2.32. The van der Waals surface area contributed by atoms with E-state index in [0.29, 0.717) is 18.4 Å². The van der Waals surface area contributed by atoms with Crippen molar-refractivity contribution in [3.8, 4) is 0 Å². The van der Waals surface area contributed by atoms with Gasteiger partial charge in [0.1, 0.15) is 0 Å². The number of nitrogens with one attached hydrogen (secondary N) is 1. The third-order valence-electron chi connectivity index (χ3n) is 3.47. The zero-order chi connectivity index (χ0) is 15.9. The first kappa shape index (κ1) is 15.7.